The second kappa shape index (κ2) is 16.7. The molecule has 0 amide bonds. The van der Waals surface area contributed by atoms with Crippen molar-refractivity contribution >= 4 is 11.8 Å². The van der Waals surface area contributed by atoms with Crippen LogP contribution in [0.15, 0.2) is 0 Å². The van der Waals surface area contributed by atoms with Crippen LogP contribution in [-0.4, -0.2) is 35.4 Å². The van der Waals surface area contributed by atoms with E-state index in [0.29, 0.717) is 17.1 Å². The van der Waals surface area contributed by atoms with E-state index in [1.54, 1.807) is 0 Å². The summed E-state index contributed by atoms with van der Waals surface area (Å²) in [4.78, 5) is 0. The van der Waals surface area contributed by atoms with Crippen molar-refractivity contribution in [1.29, 1.82) is 0 Å². The fourth-order valence-corrected chi connectivity index (χ4v) is 4.53. The monoisotopic (exact) mass is 358 g/mol. The van der Waals surface area contributed by atoms with Crippen LogP contribution in [0.25, 0.3) is 0 Å². The van der Waals surface area contributed by atoms with Crippen LogP contribution in [0.1, 0.15) is 103 Å². The molecule has 0 radical (unpaired) electrons. The quantitative estimate of drug-likeness (QED) is 0.289. The molecule has 1 saturated heterocycles. The first-order chi connectivity index (χ1) is 11.9. The third kappa shape index (κ3) is 12.6. The van der Waals surface area contributed by atoms with Crippen molar-refractivity contribution in [2.45, 2.75) is 114 Å². The van der Waals surface area contributed by atoms with Gasteiger partial charge in [0, 0.05) is 17.1 Å². The molecule has 1 heterocycles. The number of aliphatic hydroxyl groups excluding tert-OH is 1. The summed E-state index contributed by atoms with van der Waals surface area (Å²) in [5.74, 6) is 0. The zero-order chi connectivity index (χ0) is 17.3. The van der Waals surface area contributed by atoms with Gasteiger partial charge < -0.3 is 9.84 Å². The average molecular weight is 359 g/mol. The van der Waals surface area contributed by atoms with Gasteiger partial charge in [0.25, 0.3) is 0 Å². The summed E-state index contributed by atoms with van der Waals surface area (Å²) in [5, 5.41) is 10.1. The fourth-order valence-electron chi connectivity index (χ4n) is 3.39. The maximum atomic E-state index is 8.95. The Bertz CT molecular complexity index is 254. The van der Waals surface area contributed by atoms with Crippen molar-refractivity contribution in [1.82, 2.24) is 0 Å². The van der Waals surface area contributed by atoms with Gasteiger partial charge in [-0.2, -0.15) is 11.8 Å². The highest BCUT2D eigenvalue weighted by molar-refractivity contribution is 8.01. The predicted octanol–water partition coefficient (Wildman–Crippen LogP) is 6.35. The number of hydrogen-bond acceptors (Lipinski definition) is 3. The Balaban J connectivity index is 1.64. The zero-order valence-electron chi connectivity index (χ0n) is 16.1. The number of unbranched alkanes of at least 4 members (excludes halogenated alkanes) is 13. The number of ether oxygens (including phenoxy) is 1. The molecule has 1 aliphatic heterocycles. The standard InChI is InChI=1S/C21H42O2S/c1-2-3-4-5-6-7-8-9-10-11-12-13-14-15-16-23-19-21-17-20(18-22)24-21/h20-22H,2-19H2,1H3. The molecule has 3 heteroatoms. The van der Waals surface area contributed by atoms with Gasteiger partial charge in [-0.1, -0.05) is 90.4 Å². The molecule has 0 bridgehead atoms. The largest absolute Gasteiger partial charge is 0.395 e. The highest BCUT2D eigenvalue weighted by Gasteiger charge is 2.28. The summed E-state index contributed by atoms with van der Waals surface area (Å²) in [7, 11) is 0. The van der Waals surface area contributed by atoms with E-state index >= 15 is 0 Å². The number of aliphatic hydroxyl groups is 1. The molecule has 0 spiro atoms. The first-order valence-corrected chi connectivity index (χ1v) is 11.6. The highest BCUT2D eigenvalue weighted by atomic mass is 32.2. The maximum Gasteiger partial charge on any atom is 0.0585 e. The predicted molar refractivity (Wildman–Crippen MR) is 108 cm³/mol. The molecule has 1 N–H and O–H groups in total. The highest BCUT2D eigenvalue weighted by Crippen LogP contribution is 2.36. The van der Waals surface area contributed by atoms with Crippen molar-refractivity contribution in [2.75, 3.05) is 19.8 Å². The Morgan fingerprint density at radius 3 is 1.67 bits per heavy atom. The smallest absolute Gasteiger partial charge is 0.0585 e. The van der Waals surface area contributed by atoms with E-state index in [-0.39, 0.29) is 0 Å². The summed E-state index contributed by atoms with van der Waals surface area (Å²) in [6.07, 6.45) is 20.9. The van der Waals surface area contributed by atoms with Crippen LogP contribution in [0, 0.1) is 0 Å². The molecule has 0 aromatic heterocycles. The van der Waals surface area contributed by atoms with Crippen LogP contribution in [0.4, 0.5) is 0 Å². The van der Waals surface area contributed by atoms with Gasteiger partial charge >= 0.3 is 0 Å². The first-order valence-electron chi connectivity index (χ1n) is 10.7. The lowest BCUT2D eigenvalue weighted by Crippen LogP contribution is -2.32. The van der Waals surface area contributed by atoms with Gasteiger partial charge in [0.05, 0.1) is 13.2 Å². The van der Waals surface area contributed by atoms with Gasteiger partial charge in [-0.05, 0) is 12.8 Å². The van der Waals surface area contributed by atoms with Crippen molar-refractivity contribution in [3.63, 3.8) is 0 Å². The summed E-state index contributed by atoms with van der Waals surface area (Å²) < 4.78 is 5.73. The molecule has 144 valence electrons. The molecular formula is C21H42O2S. The van der Waals surface area contributed by atoms with Gasteiger partial charge in [0.2, 0.25) is 0 Å². The van der Waals surface area contributed by atoms with Gasteiger partial charge in [-0.25, -0.2) is 0 Å². The fraction of sp³-hybridized carbons (Fsp3) is 1.00. The summed E-state index contributed by atoms with van der Waals surface area (Å²) >= 11 is 1.89. The van der Waals surface area contributed by atoms with Crippen LogP contribution in [0.2, 0.25) is 0 Å². The van der Waals surface area contributed by atoms with Crippen molar-refractivity contribution in [3.05, 3.63) is 0 Å². The SMILES string of the molecule is CCCCCCCCCCCCCCCCOCC1CC(CO)S1. The molecular weight excluding hydrogens is 316 g/mol. The normalized spacial score (nSPS) is 20.2. The maximum absolute atomic E-state index is 8.95. The molecule has 1 rings (SSSR count). The van der Waals surface area contributed by atoms with E-state index in [1.807, 2.05) is 11.8 Å². The van der Waals surface area contributed by atoms with Gasteiger partial charge in [0.15, 0.2) is 0 Å². The lowest BCUT2D eigenvalue weighted by Gasteiger charge is -2.33. The van der Waals surface area contributed by atoms with Crippen molar-refractivity contribution < 1.29 is 9.84 Å². The topological polar surface area (TPSA) is 29.5 Å². The van der Waals surface area contributed by atoms with Crippen LogP contribution in [0.5, 0.6) is 0 Å². The molecule has 0 aromatic carbocycles. The Morgan fingerprint density at radius 2 is 1.21 bits per heavy atom. The Hall–Kier alpha value is 0.270. The minimum atomic E-state index is 0.333. The van der Waals surface area contributed by atoms with Crippen LogP contribution < -0.4 is 0 Å². The van der Waals surface area contributed by atoms with Crippen molar-refractivity contribution in [3.8, 4) is 0 Å². The minimum Gasteiger partial charge on any atom is -0.395 e. The van der Waals surface area contributed by atoms with Gasteiger partial charge in [0.1, 0.15) is 0 Å². The summed E-state index contributed by atoms with van der Waals surface area (Å²) in [6, 6.07) is 0. The third-order valence-electron chi connectivity index (χ3n) is 5.06. The summed E-state index contributed by atoms with van der Waals surface area (Å²) in [5.41, 5.74) is 0. The number of hydrogen-bond donors (Lipinski definition) is 1. The average Bonchev–Trinajstić information content (AvgIpc) is 2.56. The lowest BCUT2D eigenvalue weighted by molar-refractivity contribution is 0.124. The second-order valence-corrected chi connectivity index (χ2v) is 9.07. The molecule has 24 heavy (non-hydrogen) atoms. The Morgan fingerprint density at radius 1 is 0.750 bits per heavy atom. The van der Waals surface area contributed by atoms with Gasteiger partial charge in [-0.15, -0.1) is 0 Å². The molecule has 2 nitrogen and oxygen atoms in total. The van der Waals surface area contributed by atoms with Crippen LogP contribution in [0.3, 0.4) is 0 Å². The summed E-state index contributed by atoms with van der Waals surface area (Å²) in [6.45, 7) is 4.44. The lowest BCUT2D eigenvalue weighted by atomic mass is 10.0. The molecule has 1 fully saturated rings. The molecule has 0 saturated carbocycles. The van der Waals surface area contributed by atoms with E-state index in [2.05, 4.69) is 6.92 Å². The van der Waals surface area contributed by atoms with Gasteiger partial charge in [-0.3, -0.25) is 0 Å². The molecule has 0 aromatic rings. The van der Waals surface area contributed by atoms with E-state index in [4.69, 9.17) is 9.84 Å². The third-order valence-corrected chi connectivity index (χ3v) is 6.50. The van der Waals surface area contributed by atoms with E-state index < -0.39 is 0 Å². The molecule has 1 aliphatic rings. The molecule has 2 atom stereocenters. The number of rotatable bonds is 18. The van der Waals surface area contributed by atoms with Crippen LogP contribution in [-0.2, 0) is 4.74 Å². The Labute approximate surface area is 155 Å². The van der Waals surface area contributed by atoms with Crippen molar-refractivity contribution in [2.24, 2.45) is 0 Å². The molecule has 0 aliphatic carbocycles. The Kier molecular flexibility index (Phi) is 15.5. The zero-order valence-corrected chi connectivity index (χ0v) is 17.0. The van der Waals surface area contributed by atoms with Crippen LogP contribution >= 0.6 is 11.8 Å². The first kappa shape index (κ1) is 22.3. The molecule has 2 unspecified atom stereocenters. The second-order valence-electron chi connectivity index (χ2n) is 7.47. The van der Waals surface area contributed by atoms with E-state index in [9.17, 15) is 0 Å². The minimum absolute atomic E-state index is 0.333. The van der Waals surface area contributed by atoms with E-state index in [1.165, 1.54) is 89.9 Å². The number of thioether (sulfide) groups is 1. The van der Waals surface area contributed by atoms with E-state index in [0.717, 1.165) is 19.6 Å².